The molecule has 0 atom stereocenters. The highest BCUT2D eigenvalue weighted by Crippen LogP contribution is 2.30. The summed E-state index contributed by atoms with van der Waals surface area (Å²) in [6.07, 6.45) is -2.78. The molecule has 1 saturated heterocycles. The highest BCUT2D eigenvalue weighted by Gasteiger charge is 2.43. The van der Waals surface area contributed by atoms with Crippen LogP contribution >= 0.6 is 0 Å². The molecule has 1 fully saturated rings. The molecule has 0 radical (unpaired) electrons. The third-order valence-electron chi connectivity index (χ3n) is 5.90. The molecule has 1 amide bonds. The summed E-state index contributed by atoms with van der Waals surface area (Å²) in [6, 6.07) is 14.5. The van der Waals surface area contributed by atoms with Gasteiger partial charge in [0.2, 0.25) is 0 Å². The van der Waals surface area contributed by atoms with Gasteiger partial charge < -0.3 is 18.8 Å². The quantitative estimate of drug-likeness (QED) is 0.462. The molecule has 4 aromatic rings. The van der Waals surface area contributed by atoms with Gasteiger partial charge in [0.15, 0.2) is 5.58 Å². The SMILES string of the molecule is CCn1ccc2cc(-c3ccc4oc(N5CCN(C(=O)C(F)(F)F)CC5)nc4c3)ccc21. The number of nitrogens with zero attached hydrogens (tertiary/aromatic N) is 4. The molecule has 2 aromatic heterocycles. The van der Waals surface area contributed by atoms with Crippen LogP contribution < -0.4 is 4.90 Å². The first-order valence-electron chi connectivity index (χ1n) is 10.4. The van der Waals surface area contributed by atoms with E-state index in [0.717, 1.165) is 28.0 Å². The van der Waals surface area contributed by atoms with Gasteiger partial charge in [-0.3, -0.25) is 4.79 Å². The molecule has 0 unspecified atom stereocenters. The number of aromatic nitrogens is 2. The number of anilines is 1. The number of hydrogen-bond donors (Lipinski definition) is 0. The van der Waals surface area contributed by atoms with E-state index in [4.69, 9.17) is 4.42 Å². The maximum absolute atomic E-state index is 12.6. The van der Waals surface area contributed by atoms with Crippen LogP contribution in [0.4, 0.5) is 19.2 Å². The van der Waals surface area contributed by atoms with E-state index in [2.05, 4.69) is 46.9 Å². The number of benzene rings is 2. The molecule has 0 saturated carbocycles. The average Bonchev–Trinajstić information content (AvgIpc) is 3.40. The summed E-state index contributed by atoms with van der Waals surface area (Å²) in [6.45, 7) is 3.42. The summed E-state index contributed by atoms with van der Waals surface area (Å²) in [5.41, 5.74) is 4.54. The molecule has 1 aliphatic rings. The van der Waals surface area contributed by atoms with Crippen molar-refractivity contribution in [3.05, 3.63) is 48.7 Å². The lowest BCUT2D eigenvalue weighted by molar-refractivity contribution is -0.185. The summed E-state index contributed by atoms with van der Waals surface area (Å²) in [7, 11) is 0. The van der Waals surface area contributed by atoms with Crippen molar-refractivity contribution in [1.29, 1.82) is 0 Å². The van der Waals surface area contributed by atoms with Gasteiger partial charge in [-0.1, -0.05) is 12.1 Å². The van der Waals surface area contributed by atoms with E-state index in [0.29, 0.717) is 17.1 Å². The maximum atomic E-state index is 12.6. The molecule has 0 spiro atoms. The fourth-order valence-electron chi connectivity index (χ4n) is 4.17. The molecular weight excluding hydrogens is 421 g/mol. The Bertz CT molecular complexity index is 1300. The molecule has 32 heavy (non-hydrogen) atoms. The van der Waals surface area contributed by atoms with E-state index >= 15 is 0 Å². The number of fused-ring (bicyclic) bond motifs is 2. The summed E-state index contributed by atoms with van der Waals surface area (Å²) in [4.78, 5) is 18.6. The normalized spacial score (nSPS) is 15.1. The van der Waals surface area contributed by atoms with Crippen LogP contribution in [0, 0.1) is 0 Å². The van der Waals surface area contributed by atoms with Crippen LogP contribution in [-0.2, 0) is 11.3 Å². The third kappa shape index (κ3) is 3.57. The molecule has 166 valence electrons. The van der Waals surface area contributed by atoms with Crippen molar-refractivity contribution in [3.8, 4) is 11.1 Å². The predicted molar refractivity (Wildman–Crippen MR) is 115 cm³/mol. The Balaban J connectivity index is 1.36. The Morgan fingerprint density at radius 1 is 1.03 bits per heavy atom. The van der Waals surface area contributed by atoms with Crippen molar-refractivity contribution >= 4 is 33.9 Å². The molecule has 1 aliphatic heterocycles. The second kappa shape index (κ2) is 7.58. The monoisotopic (exact) mass is 442 g/mol. The molecule has 9 heteroatoms. The number of oxazole rings is 1. The van der Waals surface area contributed by atoms with E-state index in [1.165, 1.54) is 5.52 Å². The zero-order valence-electron chi connectivity index (χ0n) is 17.4. The third-order valence-corrected chi connectivity index (χ3v) is 5.90. The van der Waals surface area contributed by atoms with Gasteiger partial charge in [0.1, 0.15) is 5.52 Å². The van der Waals surface area contributed by atoms with Crippen molar-refractivity contribution in [1.82, 2.24) is 14.5 Å². The molecular formula is C23H21F3N4O2. The van der Waals surface area contributed by atoms with Crippen LogP contribution in [0.15, 0.2) is 53.1 Å². The topological polar surface area (TPSA) is 54.5 Å². The first-order chi connectivity index (χ1) is 15.3. The number of hydrogen-bond acceptors (Lipinski definition) is 4. The number of rotatable bonds is 3. The molecule has 0 aliphatic carbocycles. The highest BCUT2D eigenvalue weighted by molar-refractivity contribution is 5.88. The summed E-state index contributed by atoms with van der Waals surface area (Å²) < 4.78 is 45.9. The van der Waals surface area contributed by atoms with Gasteiger partial charge in [-0.05, 0) is 48.4 Å². The number of amides is 1. The fourth-order valence-corrected chi connectivity index (χ4v) is 4.17. The van der Waals surface area contributed by atoms with Gasteiger partial charge in [0.05, 0.1) is 0 Å². The fraction of sp³-hybridized carbons (Fsp3) is 0.304. The standard InChI is InChI=1S/C23H21F3N4O2/c1-2-28-8-7-17-13-15(3-5-19(17)28)16-4-6-20-18(14-16)27-22(32-20)30-11-9-29(10-12-30)21(31)23(24,25)26/h3-8,13-14H,2,9-12H2,1H3. The van der Waals surface area contributed by atoms with Gasteiger partial charge in [-0.25, -0.2) is 0 Å². The minimum Gasteiger partial charge on any atom is -0.423 e. The lowest BCUT2D eigenvalue weighted by Crippen LogP contribution is -2.52. The number of carbonyl (C=O) groups excluding carboxylic acids is 1. The van der Waals surface area contributed by atoms with Crippen LogP contribution in [0.3, 0.4) is 0 Å². The number of halogens is 3. The Labute approximate surface area is 181 Å². The molecule has 0 N–H and O–H groups in total. The van der Waals surface area contributed by atoms with Gasteiger partial charge in [0, 0.05) is 49.8 Å². The molecule has 0 bridgehead atoms. The van der Waals surface area contributed by atoms with E-state index in [1.807, 2.05) is 18.2 Å². The minimum absolute atomic E-state index is 0.0280. The first-order valence-corrected chi connectivity index (χ1v) is 10.4. The highest BCUT2D eigenvalue weighted by atomic mass is 19.4. The van der Waals surface area contributed by atoms with E-state index in [-0.39, 0.29) is 26.2 Å². The lowest BCUT2D eigenvalue weighted by Gasteiger charge is -2.34. The average molecular weight is 442 g/mol. The Hall–Kier alpha value is -3.49. The van der Waals surface area contributed by atoms with Gasteiger partial charge in [-0.15, -0.1) is 0 Å². The van der Waals surface area contributed by atoms with Crippen molar-refractivity contribution < 1.29 is 22.4 Å². The van der Waals surface area contributed by atoms with Crippen molar-refractivity contribution in [2.24, 2.45) is 0 Å². The number of carbonyl (C=O) groups is 1. The second-order valence-corrected chi connectivity index (χ2v) is 7.83. The van der Waals surface area contributed by atoms with Crippen LogP contribution in [0.2, 0.25) is 0 Å². The van der Waals surface area contributed by atoms with Crippen LogP contribution in [0.25, 0.3) is 33.1 Å². The summed E-state index contributed by atoms with van der Waals surface area (Å²) >= 11 is 0. The van der Waals surface area contributed by atoms with Crippen LogP contribution in [-0.4, -0.2) is 52.7 Å². The largest absolute Gasteiger partial charge is 0.471 e. The van der Waals surface area contributed by atoms with Crippen molar-refractivity contribution in [3.63, 3.8) is 0 Å². The summed E-state index contributed by atoms with van der Waals surface area (Å²) in [5.74, 6) is -1.80. The Morgan fingerprint density at radius 3 is 2.47 bits per heavy atom. The smallest absolute Gasteiger partial charge is 0.423 e. The maximum Gasteiger partial charge on any atom is 0.471 e. The van der Waals surface area contributed by atoms with E-state index < -0.39 is 12.1 Å². The first kappa shape index (κ1) is 20.4. The minimum atomic E-state index is -4.85. The second-order valence-electron chi connectivity index (χ2n) is 7.83. The van der Waals surface area contributed by atoms with Gasteiger partial charge in [0.25, 0.3) is 6.01 Å². The number of alkyl halides is 3. The van der Waals surface area contributed by atoms with Gasteiger partial charge >= 0.3 is 12.1 Å². The zero-order chi connectivity index (χ0) is 22.5. The predicted octanol–water partition coefficient (Wildman–Crippen LogP) is 4.68. The zero-order valence-corrected chi connectivity index (χ0v) is 17.4. The molecule has 6 nitrogen and oxygen atoms in total. The van der Waals surface area contributed by atoms with Crippen molar-refractivity contribution in [2.75, 3.05) is 31.1 Å². The number of piperazine rings is 1. The van der Waals surface area contributed by atoms with Crippen molar-refractivity contribution in [2.45, 2.75) is 19.6 Å². The van der Waals surface area contributed by atoms with E-state index in [9.17, 15) is 18.0 Å². The van der Waals surface area contributed by atoms with Crippen LogP contribution in [0.5, 0.6) is 0 Å². The molecule has 5 rings (SSSR count). The Morgan fingerprint density at radius 2 is 1.75 bits per heavy atom. The van der Waals surface area contributed by atoms with Gasteiger partial charge in [-0.2, -0.15) is 18.2 Å². The van der Waals surface area contributed by atoms with E-state index in [1.54, 1.807) is 4.90 Å². The molecule has 3 heterocycles. The summed E-state index contributed by atoms with van der Waals surface area (Å²) in [5, 5.41) is 1.16. The molecule has 2 aromatic carbocycles. The number of aryl methyl sites for hydroxylation is 1. The van der Waals surface area contributed by atoms with Crippen LogP contribution in [0.1, 0.15) is 6.92 Å². The Kier molecular flexibility index (Phi) is 4.83. The lowest BCUT2D eigenvalue weighted by atomic mass is 10.0.